The lowest BCUT2D eigenvalue weighted by Crippen LogP contribution is -2.49. The van der Waals surface area contributed by atoms with Crippen molar-refractivity contribution in [1.29, 1.82) is 5.26 Å². The van der Waals surface area contributed by atoms with Gasteiger partial charge in [-0.3, -0.25) is 4.79 Å². The predicted octanol–water partition coefficient (Wildman–Crippen LogP) is 5.20. The molecule has 6 heterocycles. The van der Waals surface area contributed by atoms with E-state index in [0.29, 0.717) is 47.7 Å². The Balaban J connectivity index is 1.13. The van der Waals surface area contributed by atoms with Crippen LogP contribution in [0.5, 0.6) is 5.75 Å². The van der Waals surface area contributed by atoms with Crippen molar-refractivity contribution in [2.45, 2.75) is 50.9 Å². The number of halogens is 1. The number of methoxy groups -OCH3 is 1. The minimum atomic E-state index is -0.00359. The highest BCUT2D eigenvalue weighted by atomic mass is 79.9. The van der Waals surface area contributed by atoms with E-state index in [4.69, 9.17) is 20.4 Å². The van der Waals surface area contributed by atoms with Crippen LogP contribution in [0.4, 0.5) is 5.82 Å². The fraction of sp³-hybridized carbons (Fsp3) is 0.417. The van der Waals surface area contributed by atoms with E-state index in [0.717, 1.165) is 76.4 Å². The third-order valence-corrected chi connectivity index (χ3v) is 11.4. The van der Waals surface area contributed by atoms with Gasteiger partial charge in [0.25, 0.3) is 5.91 Å². The number of anilines is 1. The maximum atomic E-state index is 14.0. The molecule has 0 radical (unpaired) electrons. The average molecular weight is 707 g/mol. The van der Waals surface area contributed by atoms with Gasteiger partial charge >= 0.3 is 0 Å². The van der Waals surface area contributed by atoms with Gasteiger partial charge in [0.1, 0.15) is 28.8 Å². The molecule has 11 nitrogen and oxygen atoms in total. The number of hydrogen-bond acceptors (Lipinski definition) is 8. The number of nitrogens with zero attached hydrogens (tertiary/aromatic N) is 8. The lowest BCUT2D eigenvalue weighted by atomic mass is 9.99. The molecule has 2 saturated carbocycles. The molecule has 12 heteroatoms. The molecule has 2 saturated heterocycles. The highest BCUT2D eigenvalue weighted by molar-refractivity contribution is 9.10. The molecule has 1 amide bonds. The topological polar surface area (TPSA) is 131 Å². The molecular weight excluding hydrogens is 670 g/mol. The summed E-state index contributed by atoms with van der Waals surface area (Å²) in [6, 6.07) is 14.2. The molecular formula is C36H36BrN9O2. The Morgan fingerprint density at radius 2 is 1.90 bits per heavy atom. The van der Waals surface area contributed by atoms with Gasteiger partial charge in [-0.2, -0.15) is 5.26 Å². The predicted molar refractivity (Wildman–Crippen MR) is 186 cm³/mol. The maximum Gasteiger partial charge on any atom is 0.254 e. The molecule has 2 bridgehead atoms. The normalized spacial score (nSPS) is 22.1. The van der Waals surface area contributed by atoms with Crippen LogP contribution in [0.2, 0.25) is 0 Å². The largest absolute Gasteiger partial charge is 0.494 e. The molecule has 48 heavy (non-hydrogen) atoms. The first kappa shape index (κ1) is 29.7. The fourth-order valence-corrected chi connectivity index (χ4v) is 8.79. The summed E-state index contributed by atoms with van der Waals surface area (Å²) in [5, 5.41) is 10.4. The lowest BCUT2D eigenvalue weighted by Gasteiger charge is -2.41. The Hall–Kier alpha value is -4.47. The number of carbonyl (C=O) groups is 1. The van der Waals surface area contributed by atoms with Crippen LogP contribution >= 0.6 is 15.9 Å². The number of imidazole rings is 1. The lowest BCUT2D eigenvalue weighted by molar-refractivity contribution is 0.0700. The van der Waals surface area contributed by atoms with Gasteiger partial charge in [0, 0.05) is 74.1 Å². The number of carbonyl (C=O) groups excluding carboxylic acids is 1. The number of piperidine rings is 1. The van der Waals surface area contributed by atoms with E-state index in [9.17, 15) is 10.1 Å². The molecule has 2 aliphatic carbocycles. The summed E-state index contributed by atoms with van der Waals surface area (Å²) >= 11 is 3.61. The van der Waals surface area contributed by atoms with Gasteiger partial charge in [0.2, 0.25) is 0 Å². The number of nitrogens with two attached hydrogens (primary N) is 1. The smallest absolute Gasteiger partial charge is 0.254 e. The Kier molecular flexibility index (Phi) is 6.99. The molecule has 0 spiro atoms. The zero-order valence-electron chi connectivity index (χ0n) is 26.7. The second-order valence-electron chi connectivity index (χ2n) is 13.9. The molecule has 4 fully saturated rings. The van der Waals surface area contributed by atoms with Crippen LogP contribution in [0.15, 0.2) is 53.3 Å². The number of amides is 1. The summed E-state index contributed by atoms with van der Waals surface area (Å²) in [5.74, 6) is 3.66. The number of likely N-dealkylation sites (tertiary alicyclic amines) is 1. The van der Waals surface area contributed by atoms with Gasteiger partial charge in [0.05, 0.1) is 28.4 Å². The number of pyridine rings is 2. The fourth-order valence-electron chi connectivity index (χ4n) is 8.19. The molecule has 244 valence electrons. The van der Waals surface area contributed by atoms with Crippen LogP contribution in [0.3, 0.4) is 0 Å². The number of nitriles is 1. The minimum absolute atomic E-state index is 0.00359. The number of rotatable bonds is 8. The van der Waals surface area contributed by atoms with E-state index in [1.807, 2.05) is 35.4 Å². The molecule has 5 aromatic rings. The first-order valence-electron chi connectivity index (χ1n) is 16.8. The number of aromatic nitrogens is 5. The number of fused-ring (bicyclic) bond motifs is 4. The van der Waals surface area contributed by atoms with Crippen LogP contribution in [0.1, 0.15) is 41.6 Å². The van der Waals surface area contributed by atoms with Crippen LogP contribution < -0.4 is 15.4 Å². The monoisotopic (exact) mass is 705 g/mol. The van der Waals surface area contributed by atoms with Crippen molar-refractivity contribution in [3.8, 4) is 23.3 Å². The number of ether oxygens (including phenoxy) is 1. The molecule has 4 aromatic heterocycles. The van der Waals surface area contributed by atoms with Crippen LogP contribution in [-0.4, -0.2) is 73.7 Å². The SMILES string of the molecule is COc1cc(C(=O)N2C[C@H]3CC[C@@H]2[C@@H]3N)cc2nc(-c3cc4cccnc4n3CC3CC3)n(CC3CN(c4ncc(C#N)cc4Br)C3)c12. The Bertz CT molecular complexity index is 2140. The molecule has 1 aromatic carbocycles. The Morgan fingerprint density at radius 3 is 2.60 bits per heavy atom. The van der Waals surface area contributed by atoms with Gasteiger partial charge in [-0.25, -0.2) is 15.0 Å². The van der Waals surface area contributed by atoms with Gasteiger partial charge < -0.3 is 29.4 Å². The van der Waals surface area contributed by atoms with Gasteiger partial charge in [-0.05, 0) is 89.8 Å². The van der Waals surface area contributed by atoms with Gasteiger partial charge in [-0.1, -0.05) is 0 Å². The van der Waals surface area contributed by atoms with E-state index >= 15 is 0 Å². The highest BCUT2D eigenvalue weighted by Gasteiger charge is 2.47. The van der Waals surface area contributed by atoms with Crippen molar-refractivity contribution in [1.82, 2.24) is 29.0 Å². The third kappa shape index (κ3) is 4.77. The van der Waals surface area contributed by atoms with E-state index in [2.05, 4.69) is 53.1 Å². The van der Waals surface area contributed by atoms with Gasteiger partial charge in [-0.15, -0.1) is 0 Å². The Morgan fingerprint density at radius 1 is 1.06 bits per heavy atom. The van der Waals surface area contributed by atoms with E-state index in [-0.39, 0.29) is 18.0 Å². The second-order valence-corrected chi connectivity index (χ2v) is 14.8. The summed E-state index contributed by atoms with van der Waals surface area (Å²) in [7, 11) is 1.67. The quantitative estimate of drug-likeness (QED) is 0.233. The van der Waals surface area contributed by atoms with E-state index in [1.165, 1.54) is 12.8 Å². The summed E-state index contributed by atoms with van der Waals surface area (Å²) < 4.78 is 11.5. The van der Waals surface area contributed by atoms with Crippen molar-refractivity contribution < 1.29 is 9.53 Å². The zero-order valence-corrected chi connectivity index (χ0v) is 28.3. The molecule has 2 aliphatic heterocycles. The van der Waals surface area contributed by atoms with Crippen LogP contribution in [-0.2, 0) is 13.1 Å². The summed E-state index contributed by atoms with van der Waals surface area (Å²) in [6.07, 6.45) is 7.97. The molecule has 0 unspecified atom stereocenters. The number of hydrogen-bond donors (Lipinski definition) is 1. The first-order chi connectivity index (χ1) is 23.4. The van der Waals surface area contributed by atoms with Crippen molar-refractivity contribution >= 4 is 49.7 Å². The van der Waals surface area contributed by atoms with Crippen LogP contribution in [0, 0.1) is 29.1 Å². The first-order valence-corrected chi connectivity index (χ1v) is 17.6. The summed E-state index contributed by atoms with van der Waals surface area (Å²) in [5.41, 5.74) is 11.2. The van der Waals surface area contributed by atoms with E-state index < -0.39 is 0 Å². The van der Waals surface area contributed by atoms with Crippen molar-refractivity contribution in [2.24, 2.45) is 23.5 Å². The van der Waals surface area contributed by atoms with E-state index in [1.54, 1.807) is 13.3 Å². The molecule has 9 rings (SSSR count). The standard InChI is InChI=1S/C36H36BrN9O2/c1-48-30-12-25(36(47)45-19-24-6-7-28(45)31(24)39)10-27-32(30)46(18-22-15-43(16-22)34-26(37)9-21(13-38)14-41-34)35(42-27)29-11-23-3-2-8-40-33(23)44(29)17-20-4-5-20/h2-3,8-12,14,20,22,24,28,31H,4-7,15-19,39H2,1H3/t24-,28-,31-/m1/s1. The summed E-state index contributed by atoms with van der Waals surface area (Å²) in [6.45, 7) is 3.93. The third-order valence-electron chi connectivity index (χ3n) is 10.9. The van der Waals surface area contributed by atoms with Crippen molar-refractivity contribution in [2.75, 3.05) is 31.6 Å². The maximum absolute atomic E-state index is 14.0. The van der Waals surface area contributed by atoms with Crippen molar-refractivity contribution in [3.63, 3.8) is 0 Å². The number of benzene rings is 1. The molecule has 4 aliphatic rings. The molecule has 3 atom stereocenters. The van der Waals surface area contributed by atoms with Crippen LogP contribution in [0.25, 0.3) is 33.6 Å². The van der Waals surface area contributed by atoms with Crippen molar-refractivity contribution in [3.05, 3.63) is 64.4 Å². The Labute approximate surface area is 286 Å². The average Bonchev–Trinajstić information content (AvgIpc) is 3.44. The van der Waals surface area contributed by atoms with Gasteiger partial charge in [0.15, 0.2) is 5.82 Å². The highest BCUT2D eigenvalue weighted by Crippen LogP contribution is 2.41. The zero-order chi connectivity index (χ0) is 32.7. The second kappa shape index (κ2) is 11.3. The molecule has 2 N–H and O–H groups in total. The minimum Gasteiger partial charge on any atom is -0.494 e. The summed E-state index contributed by atoms with van der Waals surface area (Å²) in [4.78, 5) is 32.8.